The highest BCUT2D eigenvalue weighted by atomic mass is 16.5. The first kappa shape index (κ1) is 34.3. The summed E-state index contributed by atoms with van der Waals surface area (Å²) in [6.07, 6.45) is 14.5. The number of ether oxygens (including phenoxy) is 2. The highest BCUT2D eigenvalue weighted by Crippen LogP contribution is 2.79. The van der Waals surface area contributed by atoms with Crippen LogP contribution in [0.1, 0.15) is 139 Å². The number of carbonyl (C=O) groups excluding carboxylic acids is 2. The third kappa shape index (κ3) is 5.12. The van der Waals surface area contributed by atoms with Crippen molar-refractivity contribution in [1.82, 2.24) is 10.2 Å². The maximum atomic E-state index is 14.9. The van der Waals surface area contributed by atoms with Gasteiger partial charge < -0.3 is 14.8 Å². The predicted octanol–water partition coefficient (Wildman–Crippen LogP) is 8.03. The van der Waals surface area contributed by atoms with Crippen molar-refractivity contribution in [2.75, 3.05) is 32.8 Å². The smallest absolute Gasteiger partial charge is 0.302 e. The number of morpholine rings is 1. The second kappa shape index (κ2) is 11.2. The molecule has 0 bridgehead atoms. The van der Waals surface area contributed by atoms with Crippen LogP contribution in [0.3, 0.4) is 0 Å². The van der Waals surface area contributed by atoms with Gasteiger partial charge in [-0.1, -0.05) is 41.5 Å². The number of amides is 1. The Morgan fingerprint density at radius 1 is 0.787 bits per heavy atom. The molecule has 1 amide bonds. The average Bonchev–Trinajstić information content (AvgIpc) is 3.59. The largest absolute Gasteiger partial charge is 0.462 e. The summed E-state index contributed by atoms with van der Waals surface area (Å²) in [5.74, 6) is 3.27. The number of fused-ring (bicyclic) bond motifs is 7. The Balaban J connectivity index is 1.18. The van der Waals surface area contributed by atoms with Gasteiger partial charge in [-0.3, -0.25) is 14.5 Å². The molecule has 266 valence electrons. The molecule has 6 aliphatic carbocycles. The summed E-state index contributed by atoms with van der Waals surface area (Å²) in [6, 6.07) is 0. The average molecular weight is 653 g/mol. The van der Waals surface area contributed by atoms with E-state index in [9.17, 15) is 9.59 Å². The Morgan fingerprint density at radius 3 is 2.15 bits per heavy atom. The second-order valence-electron chi connectivity index (χ2n) is 20.3. The van der Waals surface area contributed by atoms with E-state index >= 15 is 0 Å². The summed E-state index contributed by atoms with van der Waals surface area (Å²) in [6.45, 7) is 25.8. The number of hydrogen-bond donors (Lipinski definition) is 1. The molecule has 7 aliphatic rings. The van der Waals surface area contributed by atoms with Crippen LogP contribution in [0, 0.1) is 62.1 Å². The molecular formula is C41H68N2O4. The minimum absolute atomic E-state index is 0.0112. The van der Waals surface area contributed by atoms with E-state index in [2.05, 4.69) is 65.6 Å². The van der Waals surface area contributed by atoms with E-state index in [0.29, 0.717) is 40.9 Å². The van der Waals surface area contributed by atoms with Gasteiger partial charge in [0.25, 0.3) is 0 Å². The first-order valence-electron chi connectivity index (χ1n) is 19.7. The molecule has 6 nitrogen and oxygen atoms in total. The van der Waals surface area contributed by atoms with Gasteiger partial charge in [0.2, 0.25) is 5.91 Å². The molecule has 1 N–H and O–H groups in total. The van der Waals surface area contributed by atoms with Crippen LogP contribution in [0.5, 0.6) is 0 Å². The summed E-state index contributed by atoms with van der Waals surface area (Å²) in [5, 5.41) is 3.71. The summed E-state index contributed by atoms with van der Waals surface area (Å²) >= 11 is 0. The van der Waals surface area contributed by atoms with E-state index < -0.39 is 0 Å². The van der Waals surface area contributed by atoms with Gasteiger partial charge >= 0.3 is 5.97 Å². The Kier molecular flexibility index (Phi) is 8.16. The van der Waals surface area contributed by atoms with E-state index in [-0.39, 0.29) is 44.7 Å². The van der Waals surface area contributed by atoms with Crippen molar-refractivity contribution in [3.05, 3.63) is 0 Å². The van der Waals surface area contributed by atoms with Crippen molar-refractivity contribution in [3.8, 4) is 0 Å². The molecule has 1 saturated heterocycles. The quantitative estimate of drug-likeness (QED) is 0.294. The van der Waals surface area contributed by atoms with Crippen LogP contribution in [0.15, 0.2) is 0 Å². The molecule has 6 heteroatoms. The lowest BCUT2D eigenvalue weighted by Gasteiger charge is -2.73. The van der Waals surface area contributed by atoms with Crippen molar-refractivity contribution in [2.45, 2.75) is 151 Å². The van der Waals surface area contributed by atoms with Crippen LogP contribution in [0.25, 0.3) is 0 Å². The van der Waals surface area contributed by atoms with Crippen LogP contribution >= 0.6 is 0 Å². The minimum atomic E-state index is -0.260. The molecule has 1 heterocycles. The molecule has 0 spiro atoms. The normalized spacial score (nSPS) is 47.1. The number of hydrogen-bond acceptors (Lipinski definition) is 5. The van der Waals surface area contributed by atoms with Gasteiger partial charge in [0.15, 0.2) is 0 Å². The van der Waals surface area contributed by atoms with Gasteiger partial charge in [-0.25, -0.2) is 0 Å². The zero-order chi connectivity index (χ0) is 33.8. The van der Waals surface area contributed by atoms with Gasteiger partial charge in [-0.05, 0) is 142 Å². The third-order valence-corrected chi connectivity index (χ3v) is 17.2. The van der Waals surface area contributed by atoms with Gasteiger partial charge in [-0.15, -0.1) is 0 Å². The number of esters is 1. The Labute approximate surface area is 286 Å². The molecule has 6 saturated carbocycles. The van der Waals surface area contributed by atoms with Crippen molar-refractivity contribution < 1.29 is 19.1 Å². The van der Waals surface area contributed by atoms with Gasteiger partial charge in [-0.2, -0.15) is 0 Å². The van der Waals surface area contributed by atoms with Gasteiger partial charge in [0.05, 0.1) is 18.6 Å². The molecule has 10 atom stereocenters. The summed E-state index contributed by atoms with van der Waals surface area (Å²) < 4.78 is 11.6. The molecule has 7 rings (SSSR count). The van der Waals surface area contributed by atoms with Crippen molar-refractivity contribution in [1.29, 1.82) is 0 Å². The predicted molar refractivity (Wildman–Crippen MR) is 187 cm³/mol. The fraction of sp³-hybridized carbons (Fsp3) is 0.951. The molecule has 0 unspecified atom stereocenters. The third-order valence-electron chi connectivity index (χ3n) is 17.2. The van der Waals surface area contributed by atoms with Crippen molar-refractivity contribution in [3.63, 3.8) is 0 Å². The Morgan fingerprint density at radius 2 is 1.49 bits per heavy atom. The number of rotatable bonds is 6. The molecular weight excluding hydrogens is 584 g/mol. The monoisotopic (exact) mass is 653 g/mol. The zero-order valence-corrected chi connectivity index (χ0v) is 31.6. The Bertz CT molecular complexity index is 1250. The van der Waals surface area contributed by atoms with E-state index in [4.69, 9.17) is 9.47 Å². The van der Waals surface area contributed by atoms with Crippen LogP contribution in [0.4, 0.5) is 0 Å². The van der Waals surface area contributed by atoms with Crippen LogP contribution in [0.2, 0.25) is 0 Å². The zero-order valence-electron chi connectivity index (χ0n) is 31.6. The minimum Gasteiger partial charge on any atom is -0.462 e. The van der Waals surface area contributed by atoms with Crippen molar-refractivity contribution >= 4 is 11.9 Å². The molecule has 0 radical (unpaired) electrons. The molecule has 0 aromatic rings. The Hall–Kier alpha value is -1.14. The fourth-order valence-corrected chi connectivity index (χ4v) is 14.5. The molecule has 7 fully saturated rings. The van der Waals surface area contributed by atoms with Crippen molar-refractivity contribution in [2.24, 2.45) is 62.1 Å². The highest BCUT2D eigenvalue weighted by Gasteiger charge is 2.73. The first-order chi connectivity index (χ1) is 21.9. The number of nitrogens with zero attached hydrogens (tertiary/aromatic N) is 1. The standard InChI is InChI=1S/C41H68N2O4/c1-27(44)47-32-14-15-38(7)30(36(32,4)5)13-16-40(9)31(38)11-10-29-33-28(37(6)18-19-37)12-17-41(33,21-20-39(29,40)8)34(45)42-35(2,3)26-43-22-24-46-25-23-43/h28-33H,10-26H2,1-9H3,(H,42,45)/t28-,29-,30+,31-,32+,33-,38+,39-,40-,41+/m1/s1. The lowest BCUT2D eigenvalue weighted by Crippen LogP contribution is -2.68. The van der Waals surface area contributed by atoms with Crippen LogP contribution in [-0.2, 0) is 19.1 Å². The fourth-order valence-electron chi connectivity index (χ4n) is 14.5. The molecule has 1 aliphatic heterocycles. The summed E-state index contributed by atoms with van der Waals surface area (Å²) in [5.41, 5.74) is 0.695. The maximum absolute atomic E-state index is 14.9. The summed E-state index contributed by atoms with van der Waals surface area (Å²) in [7, 11) is 0. The van der Waals surface area contributed by atoms with E-state index in [0.717, 1.165) is 58.5 Å². The van der Waals surface area contributed by atoms with Crippen LogP contribution < -0.4 is 5.32 Å². The first-order valence-corrected chi connectivity index (χ1v) is 19.7. The molecule has 0 aromatic heterocycles. The number of carbonyl (C=O) groups is 2. The summed E-state index contributed by atoms with van der Waals surface area (Å²) in [4.78, 5) is 29.5. The maximum Gasteiger partial charge on any atom is 0.302 e. The van der Waals surface area contributed by atoms with E-state index in [1.807, 2.05) is 0 Å². The topological polar surface area (TPSA) is 67.9 Å². The lowest BCUT2D eigenvalue weighted by molar-refractivity contribution is -0.250. The number of nitrogens with one attached hydrogen (secondary N) is 1. The van der Waals surface area contributed by atoms with Gasteiger partial charge in [0.1, 0.15) is 6.10 Å². The second-order valence-corrected chi connectivity index (χ2v) is 20.3. The van der Waals surface area contributed by atoms with E-state index in [1.165, 1.54) is 51.4 Å². The molecule has 0 aromatic carbocycles. The lowest BCUT2D eigenvalue weighted by atomic mass is 9.32. The molecule has 47 heavy (non-hydrogen) atoms. The van der Waals surface area contributed by atoms with Crippen LogP contribution in [-0.4, -0.2) is 61.3 Å². The SMILES string of the molecule is CC(=O)O[C@H]1CC[C@]2(C)[C@H]3CC[C@@H]4[C@H]5[C@H](C6(C)CC6)CC[C@]5(C(=O)NC(C)(C)CN5CCOCC5)CC[C@@]4(C)[C@]3(C)CC[C@H]2C1(C)C. The van der Waals surface area contributed by atoms with Gasteiger partial charge in [0, 0.05) is 37.5 Å². The van der Waals surface area contributed by atoms with E-state index in [1.54, 1.807) is 6.92 Å². The highest BCUT2D eigenvalue weighted by molar-refractivity contribution is 5.84.